The Hall–Kier alpha value is -5.20. The van der Waals surface area contributed by atoms with E-state index in [1.165, 1.54) is 12.1 Å². The molecule has 3 aromatic carbocycles. The second-order valence-corrected chi connectivity index (χ2v) is 12.8. The van der Waals surface area contributed by atoms with E-state index in [1.807, 2.05) is 46.2 Å². The van der Waals surface area contributed by atoms with Gasteiger partial charge in [0.25, 0.3) is 0 Å². The van der Waals surface area contributed by atoms with Gasteiger partial charge in [0.15, 0.2) is 5.82 Å². The van der Waals surface area contributed by atoms with E-state index in [9.17, 15) is 19.1 Å². The number of aliphatic hydroxyl groups is 1. The first kappa shape index (κ1) is 31.4. The predicted molar refractivity (Wildman–Crippen MR) is 181 cm³/mol. The summed E-state index contributed by atoms with van der Waals surface area (Å²) in [5.41, 5.74) is 3.60. The summed E-state index contributed by atoms with van der Waals surface area (Å²) in [5, 5.41) is 25.1. The molecule has 0 bridgehead atoms. The molecule has 2 aromatic heterocycles. The summed E-state index contributed by atoms with van der Waals surface area (Å²) in [7, 11) is 0. The van der Waals surface area contributed by atoms with Crippen molar-refractivity contribution in [1.29, 1.82) is 0 Å². The highest BCUT2D eigenvalue weighted by atomic mass is 19.1. The number of benzene rings is 3. The summed E-state index contributed by atoms with van der Waals surface area (Å²) in [6, 6.07) is 21.4. The molecule has 48 heavy (non-hydrogen) atoms. The fraction of sp³-hybridized carbons (Fsp3) is 0.306. The Kier molecular flexibility index (Phi) is 8.59. The molecule has 3 atom stereocenters. The third kappa shape index (κ3) is 6.36. The summed E-state index contributed by atoms with van der Waals surface area (Å²) in [5.74, 6) is 0.0562. The van der Waals surface area contributed by atoms with Crippen LogP contribution in [0, 0.1) is 11.2 Å². The van der Waals surface area contributed by atoms with Crippen molar-refractivity contribution in [2.45, 2.75) is 31.8 Å². The number of aromatic amines is 1. The highest BCUT2D eigenvalue weighted by Gasteiger charge is 2.45. The first-order valence-electron chi connectivity index (χ1n) is 16.1. The molecule has 246 valence electrons. The Labute approximate surface area is 277 Å². The summed E-state index contributed by atoms with van der Waals surface area (Å²) in [6.45, 7) is 3.29. The fourth-order valence-electron chi connectivity index (χ4n) is 6.83. The number of aliphatic hydroxyl groups excluding tert-OH is 1. The first-order valence-corrected chi connectivity index (χ1v) is 16.1. The monoisotopic (exact) mass is 648 g/mol. The van der Waals surface area contributed by atoms with Crippen LogP contribution in [0.5, 0.6) is 0 Å². The molecule has 2 aliphatic heterocycles. The molecule has 12 heteroatoms. The number of H-pyrrole nitrogens is 1. The van der Waals surface area contributed by atoms with Gasteiger partial charge in [-0.05, 0) is 99.1 Å². The van der Waals surface area contributed by atoms with Crippen molar-refractivity contribution < 1.29 is 19.1 Å². The van der Waals surface area contributed by atoms with Crippen LogP contribution in [0.4, 0.5) is 15.8 Å². The molecule has 0 saturated carbocycles. The van der Waals surface area contributed by atoms with E-state index in [4.69, 9.17) is 0 Å². The molecule has 4 heterocycles. The van der Waals surface area contributed by atoms with E-state index >= 15 is 0 Å². The minimum absolute atomic E-state index is 0.0104. The Bertz CT molecular complexity index is 1920. The molecular weight excluding hydrogens is 611 g/mol. The zero-order valence-electron chi connectivity index (χ0n) is 26.6. The number of carbonyl (C=O) groups excluding carboxylic acids is 2. The minimum Gasteiger partial charge on any atom is -0.395 e. The lowest BCUT2D eigenvalue weighted by molar-refractivity contribution is -0.133. The third-order valence-corrected chi connectivity index (χ3v) is 9.49. The van der Waals surface area contributed by atoms with Crippen LogP contribution in [0.2, 0.25) is 0 Å². The van der Waals surface area contributed by atoms with Crippen molar-refractivity contribution >= 4 is 34.1 Å². The number of rotatable bonds is 9. The zero-order valence-corrected chi connectivity index (χ0v) is 26.6. The van der Waals surface area contributed by atoms with Crippen LogP contribution in [0.15, 0.2) is 85.2 Å². The second kappa shape index (κ2) is 13.1. The van der Waals surface area contributed by atoms with E-state index in [1.54, 1.807) is 36.7 Å². The Morgan fingerprint density at radius 3 is 2.50 bits per heavy atom. The van der Waals surface area contributed by atoms with Gasteiger partial charge >= 0.3 is 0 Å². The lowest BCUT2D eigenvalue weighted by atomic mass is 9.87. The maximum absolute atomic E-state index is 13.6. The normalized spacial score (nSPS) is 21.1. The van der Waals surface area contributed by atoms with Crippen molar-refractivity contribution in [3.8, 4) is 22.6 Å². The van der Waals surface area contributed by atoms with Gasteiger partial charge in [0.1, 0.15) is 5.82 Å². The summed E-state index contributed by atoms with van der Waals surface area (Å²) < 4.78 is 13.5. The third-order valence-electron chi connectivity index (χ3n) is 9.49. The molecular formula is C36H37FN8O3. The molecule has 0 aliphatic carbocycles. The number of hydrogen-bond acceptors (Lipinski definition) is 8. The summed E-state index contributed by atoms with van der Waals surface area (Å²) in [6.07, 6.45) is 4.69. The van der Waals surface area contributed by atoms with Gasteiger partial charge in [-0.25, -0.2) is 14.4 Å². The second-order valence-electron chi connectivity index (χ2n) is 12.8. The number of nitrogens with one attached hydrogen (secondary N) is 3. The van der Waals surface area contributed by atoms with Crippen molar-refractivity contribution in [2.75, 3.05) is 43.4 Å². The fourth-order valence-corrected chi connectivity index (χ4v) is 6.83. The molecule has 0 spiro atoms. The minimum atomic E-state index is -1.04. The number of aromatic nitrogens is 4. The van der Waals surface area contributed by atoms with Crippen LogP contribution in [-0.2, 0) is 9.59 Å². The topological polar surface area (TPSA) is 139 Å². The highest BCUT2D eigenvalue weighted by molar-refractivity contribution is 6.00. The van der Waals surface area contributed by atoms with Gasteiger partial charge in [0, 0.05) is 65.5 Å². The van der Waals surface area contributed by atoms with Crippen LogP contribution < -0.4 is 10.6 Å². The van der Waals surface area contributed by atoms with Crippen LogP contribution in [0.3, 0.4) is 0 Å². The molecule has 5 aromatic rings. The average Bonchev–Trinajstić information content (AvgIpc) is 3.83. The quantitative estimate of drug-likeness (QED) is 0.183. The van der Waals surface area contributed by atoms with E-state index < -0.39 is 5.41 Å². The largest absolute Gasteiger partial charge is 0.395 e. The van der Waals surface area contributed by atoms with Crippen LogP contribution >= 0.6 is 0 Å². The molecule has 2 aliphatic rings. The lowest BCUT2D eigenvalue weighted by Crippen LogP contribution is -2.45. The van der Waals surface area contributed by atoms with E-state index in [2.05, 4.69) is 37.7 Å². The van der Waals surface area contributed by atoms with Gasteiger partial charge < -0.3 is 20.6 Å². The molecule has 7 rings (SSSR count). The van der Waals surface area contributed by atoms with Crippen molar-refractivity contribution in [2.24, 2.45) is 5.41 Å². The van der Waals surface area contributed by atoms with Crippen LogP contribution in [-0.4, -0.2) is 91.8 Å². The average molecular weight is 649 g/mol. The van der Waals surface area contributed by atoms with Crippen molar-refractivity contribution in [3.63, 3.8) is 0 Å². The van der Waals surface area contributed by atoms with E-state index in [0.29, 0.717) is 36.7 Å². The Morgan fingerprint density at radius 1 is 1.02 bits per heavy atom. The molecule has 2 saturated heterocycles. The number of halogens is 1. The molecule has 2 amide bonds. The molecule has 0 radical (unpaired) electrons. The number of nitrogens with zero attached hydrogens (tertiary/aromatic N) is 5. The number of fused-ring (bicyclic) bond motifs is 1. The van der Waals surface area contributed by atoms with Gasteiger partial charge in [0.2, 0.25) is 11.8 Å². The molecule has 1 unspecified atom stereocenters. The van der Waals surface area contributed by atoms with E-state index in [-0.39, 0.29) is 49.4 Å². The van der Waals surface area contributed by atoms with Gasteiger partial charge in [-0.2, -0.15) is 5.10 Å². The predicted octanol–water partition coefficient (Wildman–Crippen LogP) is 4.55. The summed E-state index contributed by atoms with van der Waals surface area (Å²) >= 11 is 0. The van der Waals surface area contributed by atoms with Crippen LogP contribution in [0.25, 0.3) is 33.5 Å². The molecule has 4 N–H and O–H groups in total. The van der Waals surface area contributed by atoms with E-state index in [0.717, 1.165) is 34.1 Å². The smallest absolute Gasteiger partial charge is 0.237 e. The number of amides is 2. The lowest BCUT2D eigenvalue weighted by Gasteiger charge is -2.27. The SMILES string of the molecule is C[C@@H]1C[C@H](Nc2ccc(-c3ncccn3)cc2)CN1C(=O)CN1CCC(CO)(C(=O)Nc2ccc3[nH]nc(-c4ccc(F)cc4)c3c2)C1. The van der Waals surface area contributed by atoms with Gasteiger partial charge in [-0.3, -0.25) is 19.6 Å². The van der Waals surface area contributed by atoms with Gasteiger partial charge in [-0.15, -0.1) is 0 Å². The molecule has 11 nitrogen and oxygen atoms in total. The van der Waals surface area contributed by atoms with Crippen molar-refractivity contribution in [1.82, 2.24) is 30.0 Å². The number of likely N-dealkylation sites (tertiary alicyclic amines) is 2. The number of anilines is 2. The standard InChI is InChI=1S/C36H37FN8O3/c1-23-17-29(40-27-9-5-25(6-10-27)34-38-14-2-15-39-34)19-45(23)32(47)20-44-16-13-36(21-44,22-46)35(48)41-28-11-12-31-30(18-28)33(43-42-31)24-3-7-26(37)8-4-24/h2-12,14-15,18,23,29,40,46H,13,16-17,19-22H2,1H3,(H,41,48)(H,42,43)/t23-,29+,36?/m1/s1. The zero-order chi connectivity index (χ0) is 33.3. The summed E-state index contributed by atoms with van der Waals surface area (Å²) in [4.78, 5) is 39.6. The molecule has 2 fully saturated rings. The Balaban J connectivity index is 0.954. The Morgan fingerprint density at radius 2 is 1.75 bits per heavy atom. The first-order chi connectivity index (χ1) is 23.3. The number of carbonyl (C=O) groups is 2. The highest BCUT2D eigenvalue weighted by Crippen LogP contribution is 2.34. The maximum atomic E-state index is 13.6. The van der Waals surface area contributed by atoms with Crippen LogP contribution in [0.1, 0.15) is 19.8 Å². The number of hydrogen-bond donors (Lipinski definition) is 4. The van der Waals surface area contributed by atoms with Gasteiger partial charge in [0.05, 0.1) is 29.8 Å². The van der Waals surface area contributed by atoms with Gasteiger partial charge in [-0.1, -0.05) is 0 Å². The van der Waals surface area contributed by atoms with Crippen molar-refractivity contribution in [3.05, 3.63) is 91.0 Å². The maximum Gasteiger partial charge on any atom is 0.237 e.